The van der Waals surface area contributed by atoms with Gasteiger partial charge in [0.25, 0.3) is 5.91 Å². The molecule has 0 atom stereocenters. The molecular weight excluding hydrogens is 366 g/mol. The molecule has 1 heterocycles. The number of carbonyl (C=O) groups excluding carboxylic acids is 2. The van der Waals surface area contributed by atoms with Crippen LogP contribution in [-0.4, -0.2) is 21.8 Å². The zero-order valence-electron chi connectivity index (χ0n) is 14.4. The molecule has 3 rings (SSSR count). The highest BCUT2D eigenvalue weighted by molar-refractivity contribution is 6.30. The fourth-order valence-electron chi connectivity index (χ4n) is 2.34. The highest BCUT2D eigenvalue weighted by Gasteiger charge is 2.10. The SMILES string of the molecule is CC(=O)Nc1cccc(NC(=O)c2cc(Nc3cccc(Cl)c3)ncn2)c1. The molecule has 0 unspecified atom stereocenters. The lowest BCUT2D eigenvalue weighted by Crippen LogP contribution is -2.14. The van der Waals surface area contributed by atoms with Crippen molar-refractivity contribution in [3.63, 3.8) is 0 Å². The van der Waals surface area contributed by atoms with Gasteiger partial charge in [-0.1, -0.05) is 23.7 Å². The molecule has 0 radical (unpaired) electrons. The molecule has 1 aromatic heterocycles. The Hall–Kier alpha value is -3.45. The Morgan fingerprint density at radius 2 is 1.59 bits per heavy atom. The Morgan fingerprint density at radius 1 is 0.889 bits per heavy atom. The van der Waals surface area contributed by atoms with Crippen LogP contribution in [0, 0.1) is 0 Å². The quantitative estimate of drug-likeness (QED) is 0.618. The molecule has 3 aromatic rings. The van der Waals surface area contributed by atoms with E-state index in [2.05, 4.69) is 25.9 Å². The standard InChI is InChI=1S/C19H16ClN5O2/c1-12(26)23-15-6-3-7-16(9-15)25-19(27)17-10-18(22-11-21-17)24-14-5-2-4-13(20)8-14/h2-11H,1H3,(H,23,26)(H,25,27)(H,21,22,24). The van der Waals surface area contributed by atoms with E-state index in [-0.39, 0.29) is 11.6 Å². The fourth-order valence-corrected chi connectivity index (χ4v) is 2.53. The molecule has 0 saturated heterocycles. The van der Waals surface area contributed by atoms with Crippen LogP contribution in [0.1, 0.15) is 17.4 Å². The first kappa shape index (κ1) is 18.3. The van der Waals surface area contributed by atoms with Crippen LogP contribution in [0.2, 0.25) is 5.02 Å². The van der Waals surface area contributed by atoms with E-state index in [1.807, 2.05) is 12.1 Å². The summed E-state index contributed by atoms with van der Waals surface area (Å²) in [6.07, 6.45) is 1.30. The second kappa shape index (κ2) is 8.29. The summed E-state index contributed by atoms with van der Waals surface area (Å²) in [6, 6.07) is 15.5. The molecule has 8 heteroatoms. The van der Waals surface area contributed by atoms with Gasteiger partial charge in [-0.15, -0.1) is 0 Å². The molecule has 0 aliphatic heterocycles. The maximum absolute atomic E-state index is 12.5. The van der Waals surface area contributed by atoms with Gasteiger partial charge in [-0.05, 0) is 36.4 Å². The summed E-state index contributed by atoms with van der Waals surface area (Å²) >= 11 is 5.96. The largest absolute Gasteiger partial charge is 0.340 e. The van der Waals surface area contributed by atoms with Gasteiger partial charge in [0, 0.05) is 35.1 Å². The van der Waals surface area contributed by atoms with E-state index in [0.29, 0.717) is 22.2 Å². The van der Waals surface area contributed by atoms with E-state index in [4.69, 9.17) is 11.6 Å². The number of amides is 2. The molecule has 0 aliphatic rings. The molecule has 0 bridgehead atoms. The predicted molar refractivity (Wildman–Crippen MR) is 105 cm³/mol. The van der Waals surface area contributed by atoms with Crippen LogP contribution in [0.5, 0.6) is 0 Å². The smallest absolute Gasteiger partial charge is 0.274 e. The zero-order valence-corrected chi connectivity index (χ0v) is 15.1. The summed E-state index contributed by atoms with van der Waals surface area (Å²) in [6.45, 7) is 1.42. The molecule has 3 N–H and O–H groups in total. The third kappa shape index (κ3) is 5.26. The van der Waals surface area contributed by atoms with Gasteiger partial charge in [0.05, 0.1) is 0 Å². The minimum absolute atomic E-state index is 0.189. The van der Waals surface area contributed by atoms with Crippen molar-refractivity contribution >= 4 is 46.3 Å². The first-order valence-corrected chi connectivity index (χ1v) is 8.41. The highest BCUT2D eigenvalue weighted by atomic mass is 35.5. The van der Waals surface area contributed by atoms with Gasteiger partial charge in [-0.25, -0.2) is 9.97 Å². The van der Waals surface area contributed by atoms with Gasteiger partial charge >= 0.3 is 0 Å². The maximum Gasteiger partial charge on any atom is 0.274 e. The normalized spacial score (nSPS) is 10.1. The van der Waals surface area contributed by atoms with Crippen molar-refractivity contribution in [2.75, 3.05) is 16.0 Å². The maximum atomic E-state index is 12.5. The van der Waals surface area contributed by atoms with E-state index >= 15 is 0 Å². The summed E-state index contributed by atoms with van der Waals surface area (Å²) in [5.74, 6) is -0.123. The highest BCUT2D eigenvalue weighted by Crippen LogP contribution is 2.20. The number of benzene rings is 2. The number of hydrogen-bond donors (Lipinski definition) is 3. The van der Waals surface area contributed by atoms with Crippen molar-refractivity contribution < 1.29 is 9.59 Å². The molecule has 0 fully saturated rings. The number of anilines is 4. The molecule has 7 nitrogen and oxygen atoms in total. The first-order chi connectivity index (χ1) is 13.0. The van der Waals surface area contributed by atoms with E-state index in [9.17, 15) is 9.59 Å². The lowest BCUT2D eigenvalue weighted by molar-refractivity contribution is -0.114. The van der Waals surface area contributed by atoms with E-state index in [1.165, 1.54) is 19.3 Å². The van der Waals surface area contributed by atoms with Crippen molar-refractivity contribution in [1.29, 1.82) is 0 Å². The summed E-state index contributed by atoms with van der Waals surface area (Å²) in [7, 11) is 0. The molecule has 2 amide bonds. The molecule has 0 saturated carbocycles. The molecule has 0 spiro atoms. The third-order valence-electron chi connectivity index (χ3n) is 3.44. The Bertz CT molecular complexity index is 993. The summed E-state index contributed by atoms with van der Waals surface area (Å²) in [5, 5.41) is 9.07. The van der Waals surface area contributed by atoms with Crippen LogP contribution in [0.4, 0.5) is 22.9 Å². The van der Waals surface area contributed by atoms with E-state index in [1.54, 1.807) is 36.4 Å². The van der Waals surface area contributed by atoms with Crippen molar-refractivity contribution in [3.05, 3.63) is 71.6 Å². The zero-order chi connectivity index (χ0) is 19.2. The second-order valence-electron chi connectivity index (χ2n) is 5.64. The Kier molecular flexibility index (Phi) is 5.63. The average molecular weight is 382 g/mol. The average Bonchev–Trinajstić information content (AvgIpc) is 2.62. The van der Waals surface area contributed by atoms with Gasteiger partial charge in [0.1, 0.15) is 17.8 Å². The van der Waals surface area contributed by atoms with Gasteiger partial charge in [-0.3, -0.25) is 9.59 Å². The number of aromatic nitrogens is 2. The van der Waals surface area contributed by atoms with Crippen molar-refractivity contribution in [1.82, 2.24) is 9.97 Å². The molecule has 136 valence electrons. The monoisotopic (exact) mass is 381 g/mol. The van der Waals surface area contributed by atoms with E-state index < -0.39 is 5.91 Å². The number of nitrogens with zero attached hydrogens (tertiary/aromatic N) is 2. The minimum Gasteiger partial charge on any atom is -0.340 e. The second-order valence-corrected chi connectivity index (χ2v) is 6.08. The van der Waals surface area contributed by atoms with E-state index in [0.717, 1.165) is 5.69 Å². The molecule has 27 heavy (non-hydrogen) atoms. The number of rotatable bonds is 5. The van der Waals surface area contributed by atoms with Gasteiger partial charge in [0.2, 0.25) is 5.91 Å². The van der Waals surface area contributed by atoms with Crippen molar-refractivity contribution in [2.24, 2.45) is 0 Å². The third-order valence-corrected chi connectivity index (χ3v) is 3.67. The Labute approximate surface area is 160 Å². The number of hydrogen-bond acceptors (Lipinski definition) is 5. The summed E-state index contributed by atoms with van der Waals surface area (Å²) in [5.41, 5.74) is 2.07. The molecule has 0 aliphatic carbocycles. The van der Waals surface area contributed by atoms with Crippen LogP contribution in [0.15, 0.2) is 60.9 Å². The Balaban J connectivity index is 1.73. The lowest BCUT2D eigenvalue weighted by atomic mass is 10.2. The van der Waals surface area contributed by atoms with Gasteiger partial charge in [-0.2, -0.15) is 0 Å². The summed E-state index contributed by atoms with van der Waals surface area (Å²) < 4.78 is 0. The van der Waals surface area contributed by atoms with Gasteiger partial charge in [0.15, 0.2) is 0 Å². The molecular formula is C19H16ClN5O2. The van der Waals surface area contributed by atoms with Crippen molar-refractivity contribution in [3.8, 4) is 0 Å². The molecule has 2 aromatic carbocycles. The van der Waals surface area contributed by atoms with Crippen LogP contribution in [-0.2, 0) is 4.79 Å². The Morgan fingerprint density at radius 3 is 2.33 bits per heavy atom. The van der Waals surface area contributed by atoms with Crippen LogP contribution < -0.4 is 16.0 Å². The minimum atomic E-state index is -0.397. The van der Waals surface area contributed by atoms with Crippen LogP contribution in [0.25, 0.3) is 0 Å². The predicted octanol–water partition coefficient (Wildman–Crippen LogP) is 4.08. The first-order valence-electron chi connectivity index (χ1n) is 8.03. The van der Waals surface area contributed by atoms with Crippen LogP contribution in [0.3, 0.4) is 0 Å². The van der Waals surface area contributed by atoms with Crippen molar-refractivity contribution in [2.45, 2.75) is 6.92 Å². The summed E-state index contributed by atoms with van der Waals surface area (Å²) in [4.78, 5) is 31.7. The number of nitrogens with one attached hydrogen (secondary N) is 3. The van der Waals surface area contributed by atoms with Crippen LogP contribution >= 0.6 is 11.6 Å². The lowest BCUT2D eigenvalue weighted by Gasteiger charge is -2.09. The number of carbonyl (C=O) groups is 2. The topological polar surface area (TPSA) is 96.0 Å². The fraction of sp³-hybridized carbons (Fsp3) is 0.0526. The van der Waals surface area contributed by atoms with Gasteiger partial charge < -0.3 is 16.0 Å². The number of halogens is 1.